The Morgan fingerprint density at radius 3 is 1.93 bits per heavy atom. The van der Waals surface area contributed by atoms with Gasteiger partial charge in [-0.05, 0) is 72.9 Å². The van der Waals surface area contributed by atoms with Crippen molar-refractivity contribution in [3.05, 3.63) is 130 Å². The fourth-order valence-electron chi connectivity index (χ4n) is 4.67. The molecule has 1 unspecified atom stereocenters. The summed E-state index contributed by atoms with van der Waals surface area (Å²) in [4.78, 5) is 11.3. The normalized spacial score (nSPS) is 12.1. The molecule has 1 atom stereocenters. The van der Waals surface area contributed by atoms with Gasteiger partial charge in [0.15, 0.2) is 0 Å². The van der Waals surface area contributed by atoms with Crippen LogP contribution in [-0.4, -0.2) is 47.1 Å². The summed E-state index contributed by atoms with van der Waals surface area (Å²) in [5.41, 5.74) is 6.07. The number of hydrogen-bond donors (Lipinski definition) is 3. The minimum atomic E-state index is 0.432. The van der Waals surface area contributed by atoms with E-state index in [1.54, 1.807) is 0 Å². The molecule has 2 heterocycles. The highest BCUT2D eigenvalue weighted by atomic mass is 35.5. The molecule has 0 fully saturated rings. The molecule has 0 aliphatic rings. The summed E-state index contributed by atoms with van der Waals surface area (Å²) in [5, 5.41) is 11.6. The maximum Gasteiger partial charge on any atom is 0.0541 e. The van der Waals surface area contributed by atoms with Crippen molar-refractivity contribution in [1.29, 1.82) is 0 Å². The molecular formula is C34H43ClN6. The van der Waals surface area contributed by atoms with Crippen LogP contribution < -0.4 is 16.0 Å². The minimum absolute atomic E-state index is 0.432. The molecule has 0 amide bonds. The molecule has 41 heavy (non-hydrogen) atoms. The van der Waals surface area contributed by atoms with Crippen molar-refractivity contribution < 1.29 is 0 Å². The molecule has 2 aromatic heterocycles. The average Bonchev–Trinajstić information content (AvgIpc) is 3.01. The first-order valence-corrected chi connectivity index (χ1v) is 15.0. The van der Waals surface area contributed by atoms with Gasteiger partial charge in [0, 0.05) is 75.8 Å². The Hall–Kier alpha value is -3.13. The van der Waals surface area contributed by atoms with Crippen LogP contribution in [0.25, 0.3) is 0 Å². The van der Waals surface area contributed by atoms with E-state index in [9.17, 15) is 0 Å². The van der Waals surface area contributed by atoms with Crippen molar-refractivity contribution in [2.45, 2.75) is 52.0 Å². The van der Waals surface area contributed by atoms with Crippen molar-refractivity contribution in [2.24, 2.45) is 0 Å². The second kappa shape index (κ2) is 17.6. The van der Waals surface area contributed by atoms with Gasteiger partial charge < -0.3 is 16.0 Å². The van der Waals surface area contributed by atoms with Gasteiger partial charge in [0.05, 0.1) is 11.4 Å². The third kappa shape index (κ3) is 12.1. The second-order valence-electron chi connectivity index (χ2n) is 10.5. The fraction of sp³-hybridized carbons (Fsp3) is 0.353. The van der Waals surface area contributed by atoms with Gasteiger partial charge in [-0.3, -0.25) is 14.9 Å². The number of aromatic nitrogens is 2. The largest absolute Gasteiger partial charge is 0.310 e. The molecule has 6 nitrogen and oxygen atoms in total. The topological polar surface area (TPSA) is 65.1 Å². The van der Waals surface area contributed by atoms with Crippen LogP contribution in [0, 0.1) is 0 Å². The molecule has 0 bridgehead atoms. The summed E-state index contributed by atoms with van der Waals surface area (Å²) in [7, 11) is 0. The van der Waals surface area contributed by atoms with E-state index in [2.05, 4.69) is 86.3 Å². The number of pyridine rings is 2. The standard InChI is InChI=1S/C34H43ClN6/c1-28(11-12-29-7-6-8-32(35)23-29)40-24-30-13-15-31(16-14-30)27-41(21-19-36-25-33-9-2-4-17-38-33)22-20-37-26-34-10-3-5-18-39-34/h2-10,13-18,23,28,36-37,40H,11-12,19-22,24-27H2,1H3. The highest BCUT2D eigenvalue weighted by molar-refractivity contribution is 6.30. The molecule has 0 radical (unpaired) electrons. The summed E-state index contributed by atoms with van der Waals surface area (Å²) >= 11 is 6.13. The van der Waals surface area contributed by atoms with Crippen molar-refractivity contribution in [3.63, 3.8) is 0 Å². The number of aryl methyl sites for hydroxylation is 1. The van der Waals surface area contributed by atoms with Gasteiger partial charge >= 0.3 is 0 Å². The number of nitrogens with one attached hydrogen (secondary N) is 3. The Morgan fingerprint density at radius 2 is 1.34 bits per heavy atom. The maximum atomic E-state index is 6.13. The van der Waals surface area contributed by atoms with E-state index < -0.39 is 0 Å². The lowest BCUT2D eigenvalue weighted by atomic mass is 10.1. The highest BCUT2D eigenvalue weighted by Gasteiger charge is 2.08. The molecular weight excluding hydrogens is 528 g/mol. The fourth-order valence-corrected chi connectivity index (χ4v) is 4.89. The van der Waals surface area contributed by atoms with Crippen molar-refractivity contribution in [3.8, 4) is 0 Å². The number of rotatable bonds is 18. The van der Waals surface area contributed by atoms with Crippen LogP contribution in [0.4, 0.5) is 0 Å². The number of hydrogen-bond acceptors (Lipinski definition) is 6. The summed E-state index contributed by atoms with van der Waals surface area (Å²) in [6.45, 7) is 9.35. The third-order valence-corrected chi connectivity index (χ3v) is 7.35. The maximum absolute atomic E-state index is 6.13. The van der Waals surface area contributed by atoms with Crippen molar-refractivity contribution >= 4 is 11.6 Å². The molecule has 7 heteroatoms. The van der Waals surface area contributed by atoms with E-state index in [-0.39, 0.29) is 0 Å². The van der Waals surface area contributed by atoms with Gasteiger partial charge in [-0.25, -0.2) is 0 Å². The first-order chi connectivity index (χ1) is 20.1. The summed E-state index contributed by atoms with van der Waals surface area (Å²) < 4.78 is 0. The van der Waals surface area contributed by atoms with Crippen LogP contribution in [-0.2, 0) is 32.6 Å². The molecule has 0 aliphatic heterocycles. The van der Waals surface area contributed by atoms with E-state index in [4.69, 9.17) is 11.6 Å². The minimum Gasteiger partial charge on any atom is -0.310 e. The number of benzene rings is 2. The molecule has 4 aromatic rings. The van der Waals surface area contributed by atoms with Crippen LogP contribution in [0.5, 0.6) is 0 Å². The molecule has 0 saturated heterocycles. The molecule has 0 spiro atoms. The average molecular weight is 571 g/mol. The lowest BCUT2D eigenvalue weighted by Crippen LogP contribution is -2.36. The van der Waals surface area contributed by atoms with E-state index in [0.717, 1.165) is 81.6 Å². The molecule has 0 aliphatic carbocycles. The van der Waals surface area contributed by atoms with Crippen LogP contribution in [0.15, 0.2) is 97.3 Å². The van der Waals surface area contributed by atoms with Crippen LogP contribution in [0.3, 0.4) is 0 Å². The van der Waals surface area contributed by atoms with E-state index in [1.807, 2.05) is 48.8 Å². The third-order valence-electron chi connectivity index (χ3n) is 7.11. The van der Waals surface area contributed by atoms with Crippen LogP contribution >= 0.6 is 11.6 Å². The van der Waals surface area contributed by atoms with Gasteiger partial charge in [-0.1, -0.05) is 60.1 Å². The zero-order valence-electron chi connectivity index (χ0n) is 24.1. The molecule has 0 saturated carbocycles. The number of halogens is 1. The molecule has 2 aromatic carbocycles. The van der Waals surface area contributed by atoms with E-state index in [0.29, 0.717) is 6.04 Å². The lowest BCUT2D eigenvalue weighted by Gasteiger charge is -2.23. The summed E-state index contributed by atoms with van der Waals surface area (Å²) in [6.07, 6.45) is 5.79. The van der Waals surface area contributed by atoms with Gasteiger partial charge in [0.25, 0.3) is 0 Å². The predicted molar refractivity (Wildman–Crippen MR) is 170 cm³/mol. The Bertz CT molecular complexity index is 1210. The quantitative estimate of drug-likeness (QED) is 0.135. The van der Waals surface area contributed by atoms with Gasteiger partial charge in [-0.15, -0.1) is 0 Å². The Balaban J connectivity index is 1.22. The van der Waals surface area contributed by atoms with Gasteiger partial charge in [-0.2, -0.15) is 0 Å². The predicted octanol–water partition coefficient (Wildman–Crippen LogP) is 5.62. The van der Waals surface area contributed by atoms with Gasteiger partial charge in [0.1, 0.15) is 0 Å². The first-order valence-electron chi connectivity index (χ1n) is 14.6. The Labute approximate surface area is 250 Å². The molecule has 3 N–H and O–H groups in total. The SMILES string of the molecule is CC(CCc1cccc(Cl)c1)NCc1ccc(CN(CCNCc2ccccn2)CCNCc2ccccn2)cc1. The number of nitrogens with zero attached hydrogens (tertiary/aromatic N) is 3. The summed E-state index contributed by atoms with van der Waals surface area (Å²) in [6, 6.07) is 29.7. The van der Waals surface area contributed by atoms with Crippen LogP contribution in [0.1, 0.15) is 41.4 Å². The van der Waals surface area contributed by atoms with Crippen molar-refractivity contribution in [2.75, 3.05) is 26.2 Å². The monoisotopic (exact) mass is 570 g/mol. The smallest absolute Gasteiger partial charge is 0.0541 e. The van der Waals surface area contributed by atoms with Gasteiger partial charge in [0.2, 0.25) is 0 Å². The zero-order chi connectivity index (χ0) is 28.5. The molecule has 4 rings (SSSR count). The Morgan fingerprint density at radius 1 is 0.707 bits per heavy atom. The highest BCUT2D eigenvalue weighted by Crippen LogP contribution is 2.13. The molecule has 216 valence electrons. The zero-order valence-corrected chi connectivity index (χ0v) is 24.9. The van der Waals surface area contributed by atoms with Crippen molar-refractivity contribution in [1.82, 2.24) is 30.8 Å². The first kappa shape index (κ1) is 30.8. The van der Waals surface area contributed by atoms with E-state index >= 15 is 0 Å². The lowest BCUT2D eigenvalue weighted by molar-refractivity contribution is 0.263. The van der Waals surface area contributed by atoms with E-state index in [1.165, 1.54) is 16.7 Å². The Kier molecular flexibility index (Phi) is 13.3. The summed E-state index contributed by atoms with van der Waals surface area (Å²) in [5.74, 6) is 0. The second-order valence-corrected chi connectivity index (χ2v) is 11.0. The van der Waals surface area contributed by atoms with Crippen LogP contribution in [0.2, 0.25) is 5.02 Å².